The topological polar surface area (TPSA) is 88.7 Å². The molecule has 132 valence electrons. The largest absolute Gasteiger partial charge is 0.441 e. The SMILES string of the molecule is Cn1cccc1-c1cc(C(=O)NCCCc2nc3ccccc3o2)[nH]n1. The number of para-hydroxylation sites is 2. The number of fused-ring (bicyclic) bond motifs is 1. The second-order valence-corrected chi connectivity index (χ2v) is 6.11. The van der Waals surface area contributed by atoms with E-state index in [2.05, 4.69) is 20.5 Å². The van der Waals surface area contributed by atoms with Crippen LogP contribution in [-0.4, -0.2) is 32.2 Å². The van der Waals surface area contributed by atoms with Gasteiger partial charge in [-0.25, -0.2) is 4.98 Å². The van der Waals surface area contributed by atoms with Crippen molar-refractivity contribution in [2.45, 2.75) is 12.8 Å². The lowest BCUT2D eigenvalue weighted by Gasteiger charge is -2.01. The van der Waals surface area contributed by atoms with Crippen LogP contribution in [0.3, 0.4) is 0 Å². The molecule has 0 unspecified atom stereocenters. The maximum Gasteiger partial charge on any atom is 0.269 e. The van der Waals surface area contributed by atoms with Crippen LogP contribution in [0.15, 0.2) is 53.1 Å². The number of carbonyl (C=O) groups is 1. The minimum atomic E-state index is -0.171. The molecule has 26 heavy (non-hydrogen) atoms. The van der Waals surface area contributed by atoms with Gasteiger partial charge in [-0.3, -0.25) is 9.89 Å². The summed E-state index contributed by atoms with van der Waals surface area (Å²) in [4.78, 5) is 16.7. The Morgan fingerprint density at radius 3 is 2.96 bits per heavy atom. The molecule has 1 amide bonds. The van der Waals surface area contributed by atoms with Crippen molar-refractivity contribution in [3.63, 3.8) is 0 Å². The normalized spacial score (nSPS) is 11.1. The molecule has 3 aromatic heterocycles. The van der Waals surface area contributed by atoms with Crippen molar-refractivity contribution >= 4 is 17.0 Å². The highest BCUT2D eigenvalue weighted by Gasteiger charge is 2.12. The average molecular weight is 349 g/mol. The van der Waals surface area contributed by atoms with Crippen LogP contribution in [0.5, 0.6) is 0 Å². The lowest BCUT2D eigenvalue weighted by molar-refractivity contribution is 0.0948. The molecule has 2 N–H and O–H groups in total. The monoisotopic (exact) mass is 349 g/mol. The van der Waals surface area contributed by atoms with Crippen molar-refractivity contribution in [1.29, 1.82) is 0 Å². The molecule has 3 heterocycles. The number of nitrogens with zero attached hydrogens (tertiary/aromatic N) is 3. The van der Waals surface area contributed by atoms with Crippen LogP contribution >= 0.6 is 0 Å². The van der Waals surface area contributed by atoms with E-state index in [4.69, 9.17) is 4.42 Å². The fourth-order valence-corrected chi connectivity index (χ4v) is 2.86. The first-order valence-electron chi connectivity index (χ1n) is 8.50. The summed E-state index contributed by atoms with van der Waals surface area (Å²) in [6, 6.07) is 13.3. The molecule has 0 saturated carbocycles. The van der Waals surface area contributed by atoms with Gasteiger partial charge in [0.25, 0.3) is 5.91 Å². The molecular formula is C19H19N5O2. The lowest BCUT2D eigenvalue weighted by Crippen LogP contribution is -2.25. The van der Waals surface area contributed by atoms with Gasteiger partial charge in [0.15, 0.2) is 11.5 Å². The smallest absolute Gasteiger partial charge is 0.269 e. The number of aryl methyl sites for hydroxylation is 2. The third kappa shape index (κ3) is 3.23. The molecule has 0 aliphatic carbocycles. The highest BCUT2D eigenvalue weighted by Crippen LogP contribution is 2.17. The molecule has 0 atom stereocenters. The zero-order valence-corrected chi connectivity index (χ0v) is 14.4. The van der Waals surface area contributed by atoms with Crippen molar-refractivity contribution in [3.05, 3.63) is 60.2 Å². The first-order valence-corrected chi connectivity index (χ1v) is 8.50. The molecule has 4 aromatic rings. The van der Waals surface area contributed by atoms with E-state index < -0.39 is 0 Å². The molecule has 0 aliphatic rings. The van der Waals surface area contributed by atoms with Gasteiger partial charge >= 0.3 is 0 Å². The van der Waals surface area contributed by atoms with Crippen molar-refractivity contribution in [2.75, 3.05) is 6.54 Å². The number of hydrogen-bond donors (Lipinski definition) is 2. The summed E-state index contributed by atoms with van der Waals surface area (Å²) < 4.78 is 7.63. The molecule has 0 spiro atoms. The van der Waals surface area contributed by atoms with Crippen LogP contribution in [0.1, 0.15) is 22.8 Å². The molecular weight excluding hydrogens is 330 g/mol. The maximum atomic E-state index is 12.2. The maximum absolute atomic E-state index is 12.2. The first-order chi connectivity index (χ1) is 12.7. The third-order valence-electron chi connectivity index (χ3n) is 4.22. The van der Waals surface area contributed by atoms with Crippen LogP contribution in [0.25, 0.3) is 22.5 Å². The van der Waals surface area contributed by atoms with Crippen LogP contribution in [0.2, 0.25) is 0 Å². The number of H-pyrrole nitrogens is 1. The van der Waals surface area contributed by atoms with Gasteiger partial charge in [-0.15, -0.1) is 0 Å². The number of oxazole rings is 1. The Kier molecular flexibility index (Phi) is 4.27. The number of amides is 1. The van der Waals surface area contributed by atoms with Gasteiger partial charge in [-0.2, -0.15) is 5.10 Å². The Hall–Kier alpha value is -3.35. The van der Waals surface area contributed by atoms with Gasteiger partial charge in [0.1, 0.15) is 16.9 Å². The summed E-state index contributed by atoms with van der Waals surface area (Å²) in [5.74, 6) is 0.517. The molecule has 7 nitrogen and oxygen atoms in total. The van der Waals surface area contributed by atoms with Gasteiger partial charge in [0, 0.05) is 26.2 Å². The first kappa shape index (κ1) is 16.1. The molecule has 1 aromatic carbocycles. The Labute approximate surface area is 150 Å². The van der Waals surface area contributed by atoms with Crippen LogP contribution in [0, 0.1) is 0 Å². The zero-order valence-electron chi connectivity index (χ0n) is 14.4. The second-order valence-electron chi connectivity index (χ2n) is 6.11. The van der Waals surface area contributed by atoms with E-state index in [9.17, 15) is 4.79 Å². The van der Waals surface area contributed by atoms with Crippen LogP contribution < -0.4 is 5.32 Å². The van der Waals surface area contributed by atoms with Crippen molar-refractivity contribution in [3.8, 4) is 11.4 Å². The molecule has 7 heteroatoms. The number of nitrogens with one attached hydrogen (secondary N) is 2. The molecule has 4 rings (SSSR count). The predicted molar refractivity (Wildman–Crippen MR) is 97.7 cm³/mol. The standard InChI is InChI=1S/C19H19N5O2/c1-24-11-5-7-16(24)14-12-15(23-22-14)19(25)20-10-4-9-18-21-13-6-2-3-8-17(13)26-18/h2-3,5-8,11-12H,4,9-10H2,1H3,(H,20,25)(H,22,23). The van der Waals surface area contributed by atoms with Crippen molar-refractivity contribution < 1.29 is 9.21 Å². The summed E-state index contributed by atoms with van der Waals surface area (Å²) >= 11 is 0. The Morgan fingerprint density at radius 1 is 1.27 bits per heavy atom. The minimum absolute atomic E-state index is 0.171. The minimum Gasteiger partial charge on any atom is -0.441 e. The summed E-state index contributed by atoms with van der Waals surface area (Å²) in [5.41, 5.74) is 3.79. The fraction of sp³-hybridized carbons (Fsp3) is 0.211. The number of aromatic nitrogens is 4. The predicted octanol–water partition coefficient (Wildman–Crippen LogP) is 2.92. The lowest BCUT2D eigenvalue weighted by atomic mass is 10.2. The molecule has 0 fully saturated rings. The van der Waals surface area contributed by atoms with Gasteiger partial charge < -0.3 is 14.3 Å². The van der Waals surface area contributed by atoms with Crippen molar-refractivity contribution in [1.82, 2.24) is 25.1 Å². The third-order valence-corrected chi connectivity index (χ3v) is 4.22. The van der Waals surface area contributed by atoms with E-state index >= 15 is 0 Å². The zero-order chi connectivity index (χ0) is 17.9. The van der Waals surface area contributed by atoms with Gasteiger partial charge in [-0.1, -0.05) is 12.1 Å². The Balaban J connectivity index is 1.30. The highest BCUT2D eigenvalue weighted by atomic mass is 16.3. The van der Waals surface area contributed by atoms with E-state index in [1.54, 1.807) is 6.07 Å². The summed E-state index contributed by atoms with van der Waals surface area (Å²) in [6.45, 7) is 0.538. The second kappa shape index (κ2) is 6.87. The van der Waals surface area contributed by atoms with Crippen LogP contribution in [0.4, 0.5) is 0 Å². The number of hydrogen-bond acceptors (Lipinski definition) is 4. The summed E-state index contributed by atoms with van der Waals surface area (Å²) in [6.07, 6.45) is 3.36. The Bertz CT molecular complexity index is 1010. The van der Waals surface area contributed by atoms with E-state index in [1.165, 1.54) is 0 Å². The van der Waals surface area contributed by atoms with Crippen LogP contribution in [-0.2, 0) is 13.5 Å². The highest BCUT2D eigenvalue weighted by molar-refractivity contribution is 5.93. The quantitative estimate of drug-likeness (QED) is 0.524. The fourth-order valence-electron chi connectivity index (χ4n) is 2.86. The number of benzene rings is 1. The summed E-state index contributed by atoms with van der Waals surface area (Å²) in [7, 11) is 1.94. The molecule has 0 bridgehead atoms. The average Bonchev–Trinajstić information content (AvgIpc) is 3.36. The van der Waals surface area contributed by atoms with E-state index in [1.807, 2.05) is 54.2 Å². The molecule has 0 radical (unpaired) electrons. The Morgan fingerprint density at radius 2 is 2.15 bits per heavy atom. The van der Waals surface area contributed by atoms with Crippen molar-refractivity contribution in [2.24, 2.45) is 7.05 Å². The molecule has 0 aliphatic heterocycles. The van der Waals surface area contributed by atoms with Gasteiger partial charge in [-0.05, 0) is 36.8 Å². The van der Waals surface area contributed by atoms with Gasteiger partial charge in [0.05, 0.1) is 5.69 Å². The number of aromatic amines is 1. The van der Waals surface area contributed by atoms with E-state index in [-0.39, 0.29) is 5.91 Å². The summed E-state index contributed by atoms with van der Waals surface area (Å²) in [5, 5.41) is 9.89. The number of carbonyl (C=O) groups excluding carboxylic acids is 1. The number of rotatable bonds is 6. The van der Waals surface area contributed by atoms with E-state index in [0.29, 0.717) is 24.6 Å². The van der Waals surface area contributed by atoms with E-state index in [0.717, 1.165) is 28.9 Å². The molecule has 0 saturated heterocycles. The van der Waals surface area contributed by atoms with Gasteiger partial charge in [0.2, 0.25) is 0 Å².